The van der Waals surface area contributed by atoms with Crippen LogP contribution in [0.5, 0.6) is 0 Å². The predicted octanol–water partition coefficient (Wildman–Crippen LogP) is 3.34. The third kappa shape index (κ3) is 4.08. The molecule has 2 N–H and O–H groups in total. The topological polar surface area (TPSA) is 78.1 Å². The molecule has 0 aliphatic heterocycles. The molecule has 2 heterocycles. The molecule has 1 atom stereocenters. The molecule has 6 nitrogen and oxygen atoms in total. The molecular formula is C17H17BrN4O2S. The third-order valence-electron chi connectivity index (χ3n) is 3.71. The van der Waals surface area contributed by atoms with E-state index in [-0.39, 0.29) is 24.4 Å². The molecule has 1 aromatic carbocycles. The normalized spacial score (nSPS) is 12.1. The number of aromatic nitrogens is 2. The van der Waals surface area contributed by atoms with Crippen LogP contribution in [0.15, 0.2) is 40.2 Å². The van der Waals surface area contributed by atoms with Gasteiger partial charge in [0.1, 0.15) is 5.82 Å². The molecule has 3 rings (SSSR count). The van der Waals surface area contributed by atoms with E-state index in [1.165, 1.54) is 16.2 Å². The maximum absolute atomic E-state index is 12.3. The summed E-state index contributed by atoms with van der Waals surface area (Å²) in [4.78, 5) is 34.2. The number of hydrogen-bond acceptors (Lipinski definition) is 4. The second-order valence-electron chi connectivity index (χ2n) is 5.69. The second kappa shape index (κ2) is 7.37. The number of likely N-dealkylation sites (N-methyl/N-ethyl adjacent to an activating group) is 1. The zero-order valence-electron chi connectivity index (χ0n) is 13.7. The maximum Gasteiger partial charge on any atom is 0.264 e. The highest BCUT2D eigenvalue weighted by atomic mass is 79.9. The minimum Gasteiger partial charge on any atom is -0.345 e. The zero-order chi connectivity index (χ0) is 18.0. The molecule has 0 unspecified atom stereocenters. The number of aromatic amines is 1. The van der Waals surface area contributed by atoms with Crippen LogP contribution in [0.2, 0.25) is 0 Å². The Labute approximate surface area is 157 Å². The highest BCUT2D eigenvalue weighted by molar-refractivity contribution is 9.11. The lowest BCUT2D eigenvalue weighted by Crippen LogP contribution is -2.39. The van der Waals surface area contributed by atoms with E-state index in [1.54, 1.807) is 13.1 Å². The van der Waals surface area contributed by atoms with Crippen molar-refractivity contribution in [3.8, 4) is 0 Å². The molecule has 8 heteroatoms. The highest BCUT2D eigenvalue weighted by Crippen LogP contribution is 2.23. The van der Waals surface area contributed by atoms with Gasteiger partial charge in [0.25, 0.3) is 5.91 Å². The van der Waals surface area contributed by atoms with Gasteiger partial charge in [-0.15, -0.1) is 11.3 Å². The molecular weight excluding hydrogens is 404 g/mol. The van der Waals surface area contributed by atoms with E-state index in [2.05, 4.69) is 31.2 Å². The monoisotopic (exact) mass is 420 g/mol. The fourth-order valence-electron chi connectivity index (χ4n) is 2.44. The Bertz CT molecular complexity index is 887. The van der Waals surface area contributed by atoms with Crippen LogP contribution in [0.1, 0.15) is 28.5 Å². The number of rotatable bonds is 5. The summed E-state index contributed by atoms with van der Waals surface area (Å²) in [6.45, 7) is 1.84. The molecule has 0 fully saturated rings. The number of amides is 2. The molecule has 3 aromatic rings. The maximum atomic E-state index is 12.3. The second-order valence-corrected chi connectivity index (χ2v) is 8.16. The Morgan fingerprint density at radius 1 is 1.32 bits per heavy atom. The number of halogens is 1. The van der Waals surface area contributed by atoms with Gasteiger partial charge in [0, 0.05) is 7.05 Å². The third-order valence-corrected chi connectivity index (χ3v) is 5.32. The number of imidazole rings is 1. The van der Waals surface area contributed by atoms with Gasteiger partial charge in [-0.3, -0.25) is 9.59 Å². The molecule has 2 aromatic heterocycles. The van der Waals surface area contributed by atoms with E-state index in [4.69, 9.17) is 0 Å². The van der Waals surface area contributed by atoms with Crippen LogP contribution in [-0.2, 0) is 4.79 Å². The van der Waals surface area contributed by atoms with Crippen LogP contribution < -0.4 is 5.32 Å². The number of carbonyl (C=O) groups is 2. The quantitative estimate of drug-likeness (QED) is 0.664. The number of carbonyl (C=O) groups excluding carboxylic acids is 2. The van der Waals surface area contributed by atoms with Gasteiger partial charge in [-0.25, -0.2) is 4.98 Å². The SMILES string of the molecule is C[C@H](NC(=O)CN(C)C(=O)c1ccc(Br)s1)c1nc2ccccc2[nH]1. The van der Waals surface area contributed by atoms with Crippen molar-refractivity contribution in [3.63, 3.8) is 0 Å². The van der Waals surface area contributed by atoms with Crippen molar-refractivity contribution in [1.82, 2.24) is 20.2 Å². The number of nitrogens with one attached hydrogen (secondary N) is 2. The van der Waals surface area contributed by atoms with Crippen molar-refractivity contribution in [2.75, 3.05) is 13.6 Å². The van der Waals surface area contributed by atoms with Gasteiger partial charge in [0.2, 0.25) is 5.91 Å². The summed E-state index contributed by atoms with van der Waals surface area (Å²) >= 11 is 4.67. The fourth-order valence-corrected chi connectivity index (χ4v) is 3.82. The lowest BCUT2D eigenvalue weighted by molar-refractivity contribution is -0.122. The van der Waals surface area contributed by atoms with E-state index in [0.717, 1.165) is 14.8 Å². The Morgan fingerprint density at radius 3 is 2.76 bits per heavy atom. The summed E-state index contributed by atoms with van der Waals surface area (Å²) in [6.07, 6.45) is 0. The molecule has 2 amide bonds. The minimum atomic E-state index is -0.278. The molecule has 0 saturated carbocycles. The Balaban J connectivity index is 1.60. The number of hydrogen-bond donors (Lipinski definition) is 2. The van der Waals surface area contributed by atoms with E-state index < -0.39 is 0 Å². The summed E-state index contributed by atoms with van der Waals surface area (Å²) in [7, 11) is 1.61. The van der Waals surface area contributed by atoms with Crippen LogP contribution in [0.3, 0.4) is 0 Å². The molecule has 0 bridgehead atoms. The number of para-hydroxylation sites is 2. The zero-order valence-corrected chi connectivity index (χ0v) is 16.1. The first-order valence-corrected chi connectivity index (χ1v) is 9.30. The van der Waals surface area contributed by atoms with Crippen molar-refractivity contribution in [3.05, 3.63) is 50.9 Å². The number of nitrogens with zero attached hydrogens (tertiary/aromatic N) is 2. The molecule has 0 aliphatic rings. The smallest absolute Gasteiger partial charge is 0.264 e. The first kappa shape index (κ1) is 17.6. The summed E-state index contributed by atoms with van der Waals surface area (Å²) < 4.78 is 0.882. The van der Waals surface area contributed by atoms with E-state index in [9.17, 15) is 9.59 Å². The van der Waals surface area contributed by atoms with Crippen molar-refractivity contribution < 1.29 is 9.59 Å². The van der Waals surface area contributed by atoms with Gasteiger partial charge in [0.15, 0.2) is 0 Å². The lowest BCUT2D eigenvalue weighted by atomic mass is 10.3. The molecule has 0 saturated heterocycles. The average Bonchev–Trinajstić information content (AvgIpc) is 3.19. The van der Waals surface area contributed by atoms with Crippen LogP contribution in [0, 0.1) is 0 Å². The highest BCUT2D eigenvalue weighted by Gasteiger charge is 2.19. The Hall–Kier alpha value is -2.19. The lowest BCUT2D eigenvalue weighted by Gasteiger charge is -2.18. The van der Waals surface area contributed by atoms with E-state index in [1.807, 2.05) is 37.3 Å². The summed E-state index contributed by atoms with van der Waals surface area (Å²) in [5.41, 5.74) is 1.78. The molecule has 130 valence electrons. The predicted molar refractivity (Wildman–Crippen MR) is 102 cm³/mol. The van der Waals surface area contributed by atoms with E-state index >= 15 is 0 Å². The summed E-state index contributed by atoms with van der Waals surface area (Å²) in [5, 5.41) is 2.87. The van der Waals surface area contributed by atoms with Crippen LogP contribution in [0.4, 0.5) is 0 Å². The fraction of sp³-hybridized carbons (Fsp3) is 0.235. The van der Waals surface area contributed by atoms with Gasteiger partial charge in [-0.1, -0.05) is 12.1 Å². The molecule has 0 aliphatic carbocycles. The van der Waals surface area contributed by atoms with Crippen molar-refractivity contribution >= 4 is 50.1 Å². The van der Waals surface area contributed by atoms with E-state index in [0.29, 0.717) is 10.7 Å². The number of fused-ring (bicyclic) bond motifs is 1. The van der Waals surface area contributed by atoms with Crippen molar-refractivity contribution in [2.45, 2.75) is 13.0 Å². The Kier molecular flexibility index (Phi) is 5.19. The van der Waals surface area contributed by atoms with Crippen LogP contribution in [0.25, 0.3) is 11.0 Å². The van der Waals surface area contributed by atoms with Gasteiger partial charge in [-0.05, 0) is 47.1 Å². The van der Waals surface area contributed by atoms with Gasteiger partial charge in [0.05, 0.1) is 32.3 Å². The Morgan fingerprint density at radius 2 is 2.08 bits per heavy atom. The van der Waals surface area contributed by atoms with Crippen LogP contribution >= 0.6 is 27.3 Å². The van der Waals surface area contributed by atoms with Crippen molar-refractivity contribution in [1.29, 1.82) is 0 Å². The van der Waals surface area contributed by atoms with Gasteiger partial charge in [-0.2, -0.15) is 0 Å². The summed E-state index contributed by atoms with van der Waals surface area (Å²) in [5.74, 6) is 0.271. The van der Waals surface area contributed by atoms with Gasteiger partial charge >= 0.3 is 0 Å². The minimum absolute atomic E-state index is 0.0150. The number of thiophene rings is 1. The largest absolute Gasteiger partial charge is 0.345 e. The molecule has 25 heavy (non-hydrogen) atoms. The standard InChI is InChI=1S/C17H17BrN4O2S/c1-10(16-20-11-5-3-4-6-12(11)21-16)19-15(23)9-22(2)17(24)13-7-8-14(18)25-13/h3-8,10H,9H2,1-2H3,(H,19,23)(H,20,21)/t10-/m0/s1. The van der Waals surface area contributed by atoms with Crippen LogP contribution in [-0.4, -0.2) is 40.3 Å². The molecule has 0 spiro atoms. The first-order chi connectivity index (χ1) is 11.9. The average molecular weight is 421 g/mol. The van der Waals surface area contributed by atoms with Crippen molar-refractivity contribution in [2.24, 2.45) is 0 Å². The number of H-pyrrole nitrogens is 1. The molecule has 0 radical (unpaired) electrons. The summed E-state index contributed by atoms with van der Waals surface area (Å²) in [6, 6.07) is 11.0. The van der Waals surface area contributed by atoms with Gasteiger partial charge < -0.3 is 15.2 Å². The number of benzene rings is 1. The first-order valence-electron chi connectivity index (χ1n) is 7.69.